The van der Waals surface area contributed by atoms with Gasteiger partial charge in [0.05, 0.1) is 26.4 Å². The van der Waals surface area contributed by atoms with Crippen LogP contribution in [0.25, 0.3) is 0 Å². The molecule has 19 heteroatoms. The molecule has 0 aliphatic rings. The van der Waals surface area contributed by atoms with Crippen LogP contribution in [0.15, 0.2) is 0 Å². The van der Waals surface area contributed by atoms with Crippen molar-refractivity contribution in [1.29, 1.82) is 0 Å². The summed E-state index contributed by atoms with van der Waals surface area (Å²) in [5.74, 6) is 0.127. The molecule has 3 N–H and O–H groups in total. The second-order valence-electron chi connectivity index (χ2n) is 27.1. The molecular formula is C71H138O17P2. The van der Waals surface area contributed by atoms with E-state index in [0.29, 0.717) is 31.6 Å². The Morgan fingerprint density at radius 3 is 0.756 bits per heavy atom. The van der Waals surface area contributed by atoms with Gasteiger partial charge in [0.1, 0.15) is 19.3 Å². The zero-order chi connectivity index (χ0) is 66.6. The molecule has 0 aromatic carbocycles. The first-order valence-corrected chi connectivity index (χ1v) is 39.8. The van der Waals surface area contributed by atoms with Gasteiger partial charge in [-0.15, -0.1) is 0 Å². The molecule has 17 nitrogen and oxygen atoms in total. The predicted octanol–water partition coefficient (Wildman–Crippen LogP) is 20.2. The minimum absolute atomic E-state index is 0.103. The molecule has 0 saturated heterocycles. The average molecular weight is 1330 g/mol. The standard InChI is InChI=1S/C71H138O17P2/c1-8-9-10-11-28-38-45-52-68(73)81-58-66(88-71(76)55-48-41-34-27-31-37-44-51-64(6)7)60-85-89(77,78)83-56-65(72)57-84-90(79,80)86-61-67(59-82-69(74)53-46-39-32-26-22-24-30-36-43-50-63(4)5)87-70(75)54-47-40-33-25-21-19-17-15-13-12-14-16-18-20-23-29-35-42-49-62(2)3/h62-67,72H,8-61H2,1-7H3,(H,77,78)(H,79,80)/t65-,66+,67+/m0/s1. The van der Waals surface area contributed by atoms with E-state index >= 15 is 0 Å². The van der Waals surface area contributed by atoms with Crippen molar-refractivity contribution >= 4 is 39.5 Å². The van der Waals surface area contributed by atoms with Gasteiger partial charge < -0.3 is 33.8 Å². The monoisotopic (exact) mass is 1320 g/mol. The molecule has 0 aliphatic carbocycles. The van der Waals surface area contributed by atoms with Crippen molar-refractivity contribution in [2.45, 2.75) is 375 Å². The summed E-state index contributed by atoms with van der Waals surface area (Å²) in [6, 6.07) is 0. The Kier molecular flexibility index (Phi) is 60.6. The van der Waals surface area contributed by atoms with E-state index in [1.807, 2.05) is 0 Å². The van der Waals surface area contributed by atoms with Crippen molar-refractivity contribution in [3.8, 4) is 0 Å². The van der Waals surface area contributed by atoms with Crippen LogP contribution in [0.5, 0.6) is 0 Å². The molecule has 0 aliphatic heterocycles. The fourth-order valence-corrected chi connectivity index (χ4v) is 12.3. The number of hydrogen-bond donors (Lipinski definition) is 3. The quantitative estimate of drug-likeness (QED) is 0.0222. The van der Waals surface area contributed by atoms with Crippen molar-refractivity contribution in [2.24, 2.45) is 17.8 Å². The van der Waals surface area contributed by atoms with Gasteiger partial charge in [0.25, 0.3) is 0 Å². The van der Waals surface area contributed by atoms with Gasteiger partial charge in [-0.1, -0.05) is 305 Å². The average Bonchev–Trinajstić information content (AvgIpc) is 3.67. The molecule has 0 fully saturated rings. The molecule has 0 bridgehead atoms. The highest BCUT2D eigenvalue weighted by atomic mass is 31.2. The van der Waals surface area contributed by atoms with E-state index in [2.05, 4.69) is 48.5 Å². The smallest absolute Gasteiger partial charge is 0.462 e. The summed E-state index contributed by atoms with van der Waals surface area (Å²) in [6.07, 6.45) is 46.2. The molecule has 2 unspecified atom stereocenters. The summed E-state index contributed by atoms with van der Waals surface area (Å²) >= 11 is 0. The normalized spacial score (nSPS) is 14.2. The fourth-order valence-electron chi connectivity index (χ4n) is 10.7. The maximum Gasteiger partial charge on any atom is 0.472 e. The van der Waals surface area contributed by atoms with Gasteiger partial charge in [0.15, 0.2) is 12.2 Å². The number of hydrogen-bond acceptors (Lipinski definition) is 15. The number of phosphoric ester groups is 2. The number of carbonyl (C=O) groups is 4. The Bertz CT molecular complexity index is 1770. The molecule has 0 spiro atoms. The number of esters is 4. The highest BCUT2D eigenvalue weighted by Gasteiger charge is 2.30. The minimum Gasteiger partial charge on any atom is -0.462 e. The maximum absolute atomic E-state index is 13.0. The topological polar surface area (TPSA) is 237 Å². The van der Waals surface area contributed by atoms with E-state index < -0.39 is 97.5 Å². The van der Waals surface area contributed by atoms with E-state index in [1.165, 1.54) is 154 Å². The third-order valence-corrected chi connectivity index (χ3v) is 18.3. The van der Waals surface area contributed by atoms with Crippen LogP contribution in [0.4, 0.5) is 0 Å². The summed E-state index contributed by atoms with van der Waals surface area (Å²) in [5.41, 5.74) is 0. The zero-order valence-corrected chi connectivity index (χ0v) is 60.4. The lowest BCUT2D eigenvalue weighted by Crippen LogP contribution is -2.30. The van der Waals surface area contributed by atoms with Crippen molar-refractivity contribution < 1.29 is 80.2 Å². The van der Waals surface area contributed by atoms with Crippen LogP contribution < -0.4 is 0 Å². The third kappa shape index (κ3) is 64.8. The van der Waals surface area contributed by atoms with E-state index in [9.17, 15) is 43.2 Å². The first kappa shape index (κ1) is 88.1. The molecule has 0 radical (unpaired) electrons. The molecule has 0 heterocycles. The number of unbranched alkanes of at least 4 members (excludes halogenated alkanes) is 37. The summed E-state index contributed by atoms with van der Waals surface area (Å²) in [4.78, 5) is 72.4. The second-order valence-corrected chi connectivity index (χ2v) is 30.0. The first-order valence-electron chi connectivity index (χ1n) is 36.8. The summed E-state index contributed by atoms with van der Waals surface area (Å²) in [5, 5.41) is 10.6. The number of aliphatic hydroxyl groups excluding tert-OH is 1. The Hall–Kier alpha value is -1.94. The van der Waals surface area contributed by atoms with Gasteiger partial charge in [0.2, 0.25) is 0 Å². The van der Waals surface area contributed by atoms with Gasteiger partial charge in [-0.25, -0.2) is 9.13 Å². The number of rotatable bonds is 69. The highest BCUT2D eigenvalue weighted by Crippen LogP contribution is 2.45. The Labute approximate surface area is 549 Å². The number of ether oxygens (including phenoxy) is 4. The molecular weight excluding hydrogens is 1190 g/mol. The van der Waals surface area contributed by atoms with E-state index in [0.717, 1.165) is 115 Å². The van der Waals surface area contributed by atoms with Crippen molar-refractivity contribution in [2.75, 3.05) is 39.6 Å². The number of carbonyl (C=O) groups excluding carboxylic acids is 4. The minimum atomic E-state index is -4.95. The molecule has 0 amide bonds. The summed E-state index contributed by atoms with van der Waals surface area (Å²) in [6.45, 7) is 11.8. The van der Waals surface area contributed by atoms with Crippen molar-refractivity contribution in [1.82, 2.24) is 0 Å². The third-order valence-electron chi connectivity index (χ3n) is 16.4. The SMILES string of the molecule is CCCCCCCCCC(=O)OC[C@H](COP(=O)(O)OC[C@H](O)COP(=O)(O)OC[C@@H](COC(=O)CCCCCCCCCCCC(C)C)OC(=O)CCCCCCCCCCCCCCCCCCCCC(C)C)OC(=O)CCCCCCCCCC(C)C. The lowest BCUT2D eigenvalue weighted by Gasteiger charge is -2.21. The van der Waals surface area contributed by atoms with Gasteiger partial charge in [0, 0.05) is 25.7 Å². The Balaban J connectivity index is 5.14. The fraction of sp³-hybridized carbons (Fsp3) is 0.944. The molecule has 5 atom stereocenters. The summed E-state index contributed by atoms with van der Waals surface area (Å²) in [7, 11) is -9.89. The van der Waals surface area contributed by atoms with Crippen LogP contribution in [-0.4, -0.2) is 96.7 Å². The van der Waals surface area contributed by atoms with Gasteiger partial charge >= 0.3 is 39.5 Å². The first-order chi connectivity index (χ1) is 43.2. The van der Waals surface area contributed by atoms with Crippen LogP contribution in [0.2, 0.25) is 0 Å². The Morgan fingerprint density at radius 1 is 0.300 bits per heavy atom. The van der Waals surface area contributed by atoms with Crippen LogP contribution in [0, 0.1) is 17.8 Å². The molecule has 0 rings (SSSR count). The van der Waals surface area contributed by atoms with Crippen LogP contribution in [-0.2, 0) is 65.4 Å². The Morgan fingerprint density at radius 2 is 0.511 bits per heavy atom. The molecule has 0 aromatic rings. The predicted molar refractivity (Wildman–Crippen MR) is 363 cm³/mol. The molecule has 534 valence electrons. The van der Waals surface area contributed by atoms with E-state index in [1.54, 1.807) is 0 Å². The highest BCUT2D eigenvalue weighted by molar-refractivity contribution is 7.47. The van der Waals surface area contributed by atoms with Gasteiger partial charge in [-0.05, 0) is 43.4 Å². The van der Waals surface area contributed by atoms with E-state index in [-0.39, 0.29) is 25.7 Å². The lowest BCUT2D eigenvalue weighted by atomic mass is 10.0. The van der Waals surface area contributed by atoms with Crippen LogP contribution in [0.3, 0.4) is 0 Å². The lowest BCUT2D eigenvalue weighted by molar-refractivity contribution is -0.161. The molecule has 0 saturated carbocycles. The number of aliphatic hydroxyl groups is 1. The largest absolute Gasteiger partial charge is 0.472 e. The number of phosphoric acid groups is 2. The van der Waals surface area contributed by atoms with E-state index in [4.69, 9.17) is 37.0 Å². The van der Waals surface area contributed by atoms with Crippen LogP contribution >= 0.6 is 15.6 Å². The van der Waals surface area contributed by atoms with Gasteiger partial charge in [-0.3, -0.25) is 37.3 Å². The molecule has 0 aromatic heterocycles. The van der Waals surface area contributed by atoms with Crippen molar-refractivity contribution in [3.05, 3.63) is 0 Å². The van der Waals surface area contributed by atoms with Crippen LogP contribution in [0.1, 0.15) is 357 Å². The van der Waals surface area contributed by atoms with Gasteiger partial charge in [-0.2, -0.15) is 0 Å². The zero-order valence-electron chi connectivity index (χ0n) is 58.6. The molecule has 90 heavy (non-hydrogen) atoms. The second kappa shape index (κ2) is 61.9. The van der Waals surface area contributed by atoms with Crippen molar-refractivity contribution in [3.63, 3.8) is 0 Å². The summed E-state index contributed by atoms with van der Waals surface area (Å²) < 4.78 is 68.1. The maximum atomic E-state index is 13.0.